The van der Waals surface area contributed by atoms with Gasteiger partial charge in [-0.2, -0.15) is 4.98 Å². The van der Waals surface area contributed by atoms with Crippen LogP contribution < -0.4 is 0 Å². The lowest BCUT2D eigenvalue weighted by Crippen LogP contribution is -2.01. The average Bonchev–Trinajstić information content (AvgIpc) is 2.93. The molecule has 0 atom stereocenters. The van der Waals surface area contributed by atoms with Crippen LogP contribution in [0.1, 0.15) is 37.0 Å². The maximum Gasteiger partial charge on any atom is 0.331 e. The van der Waals surface area contributed by atoms with Gasteiger partial charge in [-0.3, -0.25) is 0 Å². The Morgan fingerprint density at radius 1 is 1.43 bits per heavy atom. The van der Waals surface area contributed by atoms with E-state index in [-0.39, 0.29) is 18.4 Å². The van der Waals surface area contributed by atoms with Gasteiger partial charge in [-0.05, 0) is 17.7 Å². The second-order valence-electron chi connectivity index (χ2n) is 4.66. The summed E-state index contributed by atoms with van der Waals surface area (Å²) < 4.78 is 9.99. The third-order valence-corrected chi connectivity index (χ3v) is 2.99. The van der Waals surface area contributed by atoms with Gasteiger partial charge in [0.25, 0.3) is 5.89 Å². The van der Waals surface area contributed by atoms with Gasteiger partial charge >= 0.3 is 5.97 Å². The van der Waals surface area contributed by atoms with E-state index in [1.54, 1.807) is 18.2 Å². The number of carbonyl (C=O) groups excluding carboxylic acids is 1. The highest BCUT2D eigenvalue weighted by atomic mass is 35.5. The molecule has 0 bridgehead atoms. The van der Waals surface area contributed by atoms with Crippen molar-refractivity contribution in [3.05, 3.63) is 52.6 Å². The van der Waals surface area contributed by atoms with Gasteiger partial charge in [0.15, 0.2) is 12.4 Å². The molecule has 110 valence electrons. The zero-order valence-electron chi connectivity index (χ0n) is 11.7. The molecule has 1 heterocycles. The van der Waals surface area contributed by atoms with Crippen molar-refractivity contribution in [1.82, 2.24) is 10.1 Å². The van der Waals surface area contributed by atoms with Crippen molar-refractivity contribution < 1.29 is 14.1 Å². The molecular formula is C15H15ClN2O3. The highest BCUT2D eigenvalue weighted by molar-refractivity contribution is 6.32. The van der Waals surface area contributed by atoms with Crippen LogP contribution in [0, 0.1) is 0 Å². The normalized spacial score (nSPS) is 11.2. The van der Waals surface area contributed by atoms with Gasteiger partial charge in [-0.25, -0.2) is 4.79 Å². The number of nitrogens with zero attached hydrogens (tertiary/aromatic N) is 2. The number of ether oxygens (including phenoxy) is 1. The standard InChI is InChI=1S/C15H15ClN2O3/c1-10(2)15-17-13(21-18-15)9-20-14(19)8-7-11-5-3-4-6-12(11)16/h3-8,10H,9H2,1-2H3/b8-7+. The topological polar surface area (TPSA) is 65.2 Å². The van der Waals surface area contributed by atoms with Crippen molar-refractivity contribution in [3.8, 4) is 0 Å². The number of aromatic nitrogens is 2. The zero-order chi connectivity index (χ0) is 15.2. The highest BCUT2D eigenvalue weighted by Gasteiger charge is 2.10. The van der Waals surface area contributed by atoms with Gasteiger partial charge in [0.2, 0.25) is 0 Å². The molecule has 0 fully saturated rings. The Bertz CT molecular complexity index is 650. The summed E-state index contributed by atoms with van der Waals surface area (Å²) in [6, 6.07) is 7.21. The first kappa shape index (κ1) is 15.3. The quantitative estimate of drug-likeness (QED) is 0.623. The van der Waals surface area contributed by atoms with Gasteiger partial charge in [0.05, 0.1) is 0 Å². The van der Waals surface area contributed by atoms with E-state index in [1.807, 2.05) is 26.0 Å². The van der Waals surface area contributed by atoms with Crippen LogP contribution in [-0.2, 0) is 16.1 Å². The molecule has 2 rings (SSSR count). The van der Waals surface area contributed by atoms with Crippen LogP contribution >= 0.6 is 11.6 Å². The van der Waals surface area contributed by atoms with Crippen LogP contribution in [0.3, 0.4) is 0 Å². The summed E-state index contributed by atoms with van der Waals surface area (Å²) in [6.45, 7) is 3.85. The van der Waals surface area contributed by atoms with Crippen molar-refractivity contribution in [2.45, 2.75) is 26.4 Å². The van der Waals surface area contributed by atoms with E-state index in [0.717, 1.165) is 5.56 Å². The zero-order valence-corrected chi connectivity index (χ0v) is 12.5. The van der Waals surface area contributed by atoms with Crippen LogP contribution in [-0.4, -0.2) is 16.1 Å². The summed E-state index contributed by atoms with van der Waals surface area (Å²) in [5, 5.41) is 4.36. The van der Waals surface area contributed by atoms with Crippen LogP contribution in [0.5, 0.6) is 0 Å². The molecule has 5 nitrogen and oxygen atoms in total. The van der Waals surface area contributed by atoms with Crippen molar-refractivity contribution in [2.75, 3.05) is 0 Å². The Labute approximate surface area is 127 Å². The van der Waals surface area contributed by atoms with Crippen molar-refractivity contribution >= 4 is 23.6 Å². The molecule has 0 N–H and O–H groups in total. The lowest BCUT2D eigenvalue weighted by atomic mass is 10.2. The van der Waals surface area contributed by atoms with Crippen LogP contribution in [0.15, 0.2) is 34.9 Å². The molecule has 1 aromatic heterocycles. The van der Waals surface area contributed by atoms with E-state index in [1.165, 1.54) is 6.08 Å². The minimum Gasteiger partial charge on any atom is -0.452 e. The first-order valence-corrected chi connectivity index (χ1v) is 6.86. The van der Waals surface area contributed by atoms with Gasteiger partial charge in [0.1, 0.15) is 0 Å². The Morgan fingerprint density at radius 2 is 2.19 bits per heavy atom. The van der Waals surface area contributed by atoms with Gasteiger partial charge in [0, 0.05) is 17.0 Å². The van der Waals surface area contributed by atoms with E-state index in [9.17, 15) is 4.79 Å². The first-order chi connectivity index (χ1) is 10.1. The number of rotatable bonds is 5. The maximum absolute atomic E-state index is 11.6. The fraction of sp³-hybridized carbons (Fsp3) is 0.267. The third kappa shape index (κ3) is 4.43. The minimum absolute atomic E-state index is 0.0502. The predicted octanol–water partition coefficient (Wildman–Crippen LogP) is 3.60. The molecule has 0 spiro atoms. The molecule has 0 saturated heterocycles. The molecule has 6 heteroatoms. The van der Waals surface area contributed by atoms with Crippen LogP contribution in [0.25, 0.3) is 6.08 Å². The van der Waals surface area contributed by atoms with E-state index in [2.05, 4.69) is 10.1 Å². The summed E-state index contributed by atoms with van der Waals surface area (Å²) in [5.74, 6) is 0.531. The Kier molecular flexibility index (Phi) is 5.11. The number of benzene rings is 1. The molecule has 2 aromatic rings. The number of hydrogen-bond acceptors (Lipinski definition) is 5. The SMILES string of the molecule is CC(C)c1noc(COC(=O)/C=C/c2ccccc2Cl)n1. The van der Waals surface area contributed by atoms with Crippen LogP contribution in [0.4, 0.5) is 0 Å². The molecule has 0 aliphatic carbocycles. The van der Waals surface area contributed by atoms with Crippen molar-refractivity contribution in [3.63, 3.8) is 0 Å². The number of hydrogen-bond donors (Lipinski definition) is 0. The van der Waals surface area contributed by atoms with E-state index < -0.39 is 5.97 Å². The fourth-order valence-electron chi connectivity index (χ4n) is 1.51. The average molecular weight is 307 g/mol. The van der Waals surface area contributed by atoms with Gasteiger partial charge < -0.3 is 9.26 Å². The smallest absolute Gasteiger partial charge is 0.331 e. The minimum atomic E-state index is -0.501. The van der Waals surface area contributed by atoms with E-state index >= 15 is 0 Å². The van der Waals surface area contributed by atoms with E-state index in [0.29, 0.717) is 10.8 Å². The van der Waals surface area contributed by atoms with E-state index in [4.69, 9.17) is 20.9 Å². The van der Waals surface area contributed by atoms with Gasteiger partial charge in [-0.1, -0.05) is 48.8 Å². The lowest BCUT2D eigenvalue weighted by Gasteiger charge is -1.98. The van der Waals surface area contributed by atoms with Gasteiger partial charge in [-0.15, -0.1) is 0 Å². The Hall–Kier alpha value is -2.14. The molecule has 0 aliphatic heterocycles. The molecule has 1 aromatic carbocycles. The second-order valence-corrected chi connectivity index (χ2v) is 5.07. The van der Waals surface area contributed by atoms with Crippen LogP contribution in [0.2, 0.25) is 5.02 Å². The molecule has 0 aliphatic rings. The summed E-state index contributed by atoms with van der Waals surface area (Å²) in [5.41, 5.74) is 0.746. The predicted molar refractivity (Wildman–Crippen MR) is 78.7 cm³/mol. The molecule has 0 radical (unpaired) electrons. The first-order valence-electron chi connectivity index (χ1n) is 6.48. The summed E-state index contributed by atoms with van der Waals surface area (Å²) in [4.78, 5) is 15.7. The lowest BCUT2D eigenvalue weighted by molar-refractivity contribution is -0.139. The number of esters is 1. The largest absolute Gasteiger partial charge is 0.452 e. The molecule has 0 amide bonds. The molecular weight excluding hydrogens is 292 g/mol. The monoisotopic (exact) mass is 306 g/mol. The summed E-state index contributed by atoms with van der Waals surface area (Å²) in [7, 11) is 0. The third-order valence-electron chi connectivity index (χ3n) is 2.64. The number of halogens is 1. The Morgan fingerprint density at radius 3 is 2.86 bits per heavy atom. The molecule has 21 heavy (non-hydrogen) atoms. The maximum atomic E-state index is 11.6. The summed E-state index contributed by atoms with van der Waals surface area (Å²) >= 11 is 5.98. The highest BCUT2D eigenvalue weighted by Crippen LogP contribution is 2.16. The van der Waals surface area contributed by atoms with Crippen molar-refractivity contribution in [2.24, 2.45) is 0 Å². The fourth-order valence-corrected chi connectivity index (χ4v) is 1.71. The molecule has 0 saturated carbocycles. The number of carbonyl (C=O) groups is 1. The second kappa shape index (κ2) is 7.04. The van der Waals surface area contributed by atoms with Crippen molar-refractivity contribution in [1.29, 1.82) is 0 Å². The Balaban J connectivity index is 1.88. The molecule has 0 unspecified atom stereocenters. The summed E-state index contributed by atoms with van der Waals surface area (Å²) in [6.07, 6.45) is 2.90.